The molecule has 5 nitrogen and oxygen atoms in total. The molecule has 1 aromatic carbocycles. The maximum absolute atomic E-state index is 12.9. The summed E-state index contributed by atoms with van der Waals surface area (Å²) in [5.41, 5.74) is 0.599. The Morgan fingerprint density at radius 3 is 2.89 bits per heavy atom. The van der Waals surface area contributed by atoms with E-state index in [4.69, 9.17) is 11.6 Å². The number of hydrogen-bond donors (Lipinski definition) is 0. The molecular weight excluding hydrogens is 261 g/mol. The average Bonchev–Trinajstić information content (AvgIpc) is 2.64. The van der Waals surface area contributed by atoms with Crippen molar-refractivity contribution in [1.29, 1.82) is 0 Å². The minimum Gasteiger partial charge on any atom is -0.358 e. The number of halogens is 2. The number of hydrogen-bond acceptors (Lipinski definition) is 3. The average molecular weight is 270 g/mol. The van der Waals surface area contributed by atoms with Gasteiger partial charge >= 0.3 is 5.82 Å². The van der Waals surface area contributed by atoms with Gasteiger partial charge in [-0.25, -0.2) is 13.9 Å². The van der Waals surface area contributed by atoms with Crippen molar-refractivity contribution in [2.75, 3.05) is 0 Å². The third-order valence-electron chi connectivity index (χ3n) is 2.56. The lowest BCUT2D eigenvalue weighted by molar-refractivity contribution is -0.392. The third kappa shape index (κ3) is 2.33. The van der Waals surface area contributed by atoms with Crippen LogP contribution in [-0.2, 0) is 6.54 Å². The van der Waals surface area contributed by atoms with Gasteiger partial charge < -0.3 is 10.1 Å². The van der Waals surface area contributed by atoms with Crippen molar-refractivity contribution in [3.63, 3.8) is 0 Å². The summed E-state index contributed by atoms with van der Waals surface area (Å²) in [4.78, 5) is 14.2. The second kappa shape index (κ2) is 4.73. The molecule has 18 heavy (non-hydrogen) atoms. The van der Waals surface area contributed by atoms with E-state index >= 15 is 0 Å². The van der Waals surface area contributed by atoms with Gasteiger partial charge in [-0.05, 0) is 17.1 Å². The molecule has 1 heterocycles. The van der Waals surface area contributed by atoms with Crippen molar-refractivity contribution < 1.29 is 9.31 Å². The molecule has 0 bridgehead atoms. The minimum atomic E-state index is -0.516. The van der Waals surface area contributed by atoms with Crippen molar-refractivity contribution in [2.24, 2.45) is 0 Å². The van der Waals surface area contributed by atoms with Crippen LogP contribution in [0.2, 0.25) is 5.02 Å². The lowest BCUT2D eigenvalue weighted by Gasteiger charge is -2.05. The molecular formula is C11H9ClFN3O2. The summed E-state index contributed by atoms with van der Waals surface area (Å²) in [7, 11) is 0. The summed E-state index contributed by atoms with van der Waals surface area (Å²) in [6, 6.07) is 3.94. The second-order valence-corrected chi connectivity index (χ2v) is 4.15. The standard InChI is InChI=1S/C11H9ClFN3O2/c1-7-14-5-11(16(17)18)15(7)6-8-2-3-9(13)4-10(8)12/h2-5H,6H2,1H3. The van der Waals surface area contributed by atoms with Gasteiger partial charge in [0.1, 0.15) is 18.6 Å². The second-order valence-electron chi connectivity index (χ2n) is 3.74. The fraction of sp³-hybridized carbons (Fsp3) is 0.182. The van der Waals surface area contributed by atoms with Crippen molar-refractivity contribution in [3.05, 3.63) is 56.7 Å². The van der Waals surface area contributed by atoms with Crippen LogP contribution in [0.1, 0.15) is 11.4 Å². The molecule has 0 atom stereocenters. The summed E-state index contributed by atoms with van der Waals surface area (Å²) in [6.45, 7) is 1.84. The number of aryl methyl sites for hydroxylation is 1. The first-order chi connectivity index (χ1) is 8.49. The molecule has 0 aliphatic heterocycles. The highest BCUT2D eigenvalue weighted by Gasteiger charge is 2.18. The number of imidazole rings is 1. The number of nitro groups is 1. The zero-order valence-electron chi connectivity index (χ0n) is 9.43. The van der Waals surface area contributed by atoms with Gasteiger partial charge in [-0.3, -0.25) is 0 Å². The minimum absolute atomic E-state index is 0.118. The molecule has 0 saturated carbocycles. The molecule has 7 heteroatoms. The van der Waals surface area contributed by atoms with Crippen molar-refractivity contribution >= 4 is 17.4 Å². The van der Waals surface area contributed by atoms with Crippen molar-refractivity contribution in [3.8, 4) is 0 Å². The van der Waals surface area contributed by atoms with Gasteiger partial charge in [0, 0.05) is 12.5 Å². The van der Waals surface area contributed by atoms with Crippen molar-refractivity contribution in [1.82, 2.24) is 9.55 Å². The van der Waals surface area contributed by atoms with Crippen LogP contribution in [0.25, 0.3) is 0 Å². The highest BCUT2D eigenvalue weighted by molar-refractivity contribution is 6.31. The molecule has 2 aromatic rings. The Bertz CT molecular complexity index is 612. The SMILES string of the molecule is Cc1ncc([N+](=O)[O-])n1Cc1ccc(F)cc1Cl. The van der Waals surface area contributed by atoms with Crippen LogP contribution < -0.4 is 0 Å². The quantitative estimate of drug-likeness (QED) is 0.636. The first-order valence-electron chi connectivity index (χ1n) is 5.09. The maximum atomic E-state index is 12.9. The van der Waals surface area contributed by atoms with Gasteiger partial charge in [-0.2, -0.15) is 0 Å². The van der Waals surface area contributed by atoms with Crippen molar-refractivity contribution in [2.45, 2.75) is 13.5 Å². The summed E-state index contributed by atoms with van der Waals surface area (Å²) >= 11 is 5.89. The van der Waals surface area contributed by atoms with Crippen LogP contribution in [0.5, 0.6) is 0 Å². The molecule has 0 aliphatic carbocycles. The predicted molar refractivity (Wildman–Crippen MR) is 64.1 cm³/mol. The predicted octanol–water partition coefficient (Wildman–Crippen LogP) is 2.94. The maximum Gasteiger partial charge on any atom is 0.343 e. The molecule has 0 spiro atoms. The van der Waals surface area contributed by atoms with E-state index < -0.39 is 10.7 Å². The number of aromatic nitrogens is 2. The molecule has 1 aromatic heterocycles. The smallest absolute Gasteiger partial charge is 0.343 e. The van der Waals surface area contributed by atoms with Crippen LogP contribution in [0, 0.1) is 22.9 Å². The lowest BCUT2D eigenvalue weighted by Crippen LogP contribution is -2.06. The number of nitrogens with zero attached hydrogens (tertiary/aromatic N) is 3. The third-order valence-corrected chi connectivity index (χ3v) is 2.92. The Labute approximate surface area is 107 Å². The summed E-state index contributed by atoms with van der Waals surface area (Å²) in [5, 5.41) is 11.0. The van der Waals surface area contributed by atoms with E-state index in [2.05, 4.69) is 4.98 Å². The Balaban J connectivity index is 2.39. The fourth-order valence-electron chi connectivity index (χ4n) is 1.62. The van der Waals surface area contributed by atoms with Crippen LogP contribution >= 0.6 is 11.6 Å². The Morgan fingerprint density at radius 1 is 1.56 bits per heavy atom. The monoisotopic (exact) mass is 269 g/mol. The first kappa shape index (κ1) is 12.5. The number of benzene rings is 1. The van der Waals surface area contributed by atoms with Gasteiger partial charge in [-0.15, -0.1) is 0 Å². The largest absolute Gasteiger partial charge is 0.358 e. The molecule has 0 aliphatic rings. The Morgan fingerprint density at radius 2 is 2.28 bits per heavy atom. The van der Waals surface area contributed by atoms with E-state index in [-0.39, 0.29) is 17.4 Å². The molecule has 0 saturated heterocycles. The molecule has 0 N–H and O–H groups in total. The zero-order chi connectivity index (χ0) is 13.3. The normalized spacial score (nSPS) is 10.6. The Hall–Kier alpha value is -1.95. The number of rotatable bonds is 3. The lowest BCUT2D eigenvalue weighted by atomic mass is 10.2. The van der Waals surface area contributed by atoms with Gasteiger partial charge in [0.25, 0.3) is 0 Å². The van der Waals surface area contributed by atoms with E-state index in [1.165, 1.54) is 29.0 Å². The van der Waals surface area contributed by atoms with E-state index in [1.807, 2.05) is 0 Å². The molecule has 0 unspecified atom stereocenters. The zero-order valence-corrected chi connectivity index (χ0v) is 10.2. The molecule has 94 valence electrons. The van der Waals surface area contributed by atoms with Crippen LogP contribution in [0.15, 0.2) is 24.4 Å². The summed E-state index contributed by atoms with van der Waals surface area (Å²) < 4.78 is 14.3. The van der Waals surface area contributed by atoms with E-state index in [0.29, 0.717) is 11.4 Å². The van der Waals surface area contributed by atoms with Gasteiger partial charge in [0.05, 0.1) is 5.02 Å². The van der Waals surface area contributed by atoms with E-state index in [1.54, 1.807) is 6.92 Å². The molecule has 0 radical (unpaired) electrons. The summed E-state index contributed by atoms with van der Waals surface area (Å²) in [6.07, 6.45) is 1.19. The molecule has 2 rings (SSSR count). The van der Waals surface area contributed by atoms with Gasteiger partial charge in [0.15, 0.2) is 5.82 Å². The van der Waals surface area contributed by atoms with Gasteiger partial charge in [0.2, 0.25) is 0 Å². The first-order valence-corrected chi connectivity index (χ1v) is 5.47. The van der Waals surface area contributed by atoms with Gasteiger partial charge in [-0.1, -0.05) is 17.7 Å². The highest BCUT2D eigenvalue weighted by Crippen LogP contribution is 2.22. The topological polar surface area (TPSA) is 61.0 Å². The molecule has 0 amide bonds. The highest BCUT2D eigenvalue weighted by atomic mass is 35.5. The van der Waals surface area contributed by atoms with Crippen LogP contribution in [0.4, 0.5) is 10.2 Å². The summed E-state index contributed by atoms with van der Waals surface area (Å²) in [5.74, 6) is -0.0596. The van der Waals surface area contributed by atoms with Crippen LogP contribution in [-0.4, -0.2) is 14.5 Å². The fourth-order valence-corrected chi connectivity index (χ4v) is 1.84. The van der Waals surface area contributed by atoms with E-state index in [0.717, 1.165) is 0 Å². The van der Waals surface area contributed by atoms with Crippen LogP contribution in [0.3, 0.4) is 0 Å². The molecule has 0 fully saturated rings. The Kier molecular flexibility index (Phi) is 3.29. The van der Waals surface area contributed by atoms with E-state index in [9.17, 15) is 14.5 Å².